The number of hydrogen-bond donors (Lipinski definition) is 0. The van der Waals surface area contributed by atoms with E-state index in [4.69, 9.17) is 11.6 Å². The normalized spacial score (nSPS) is 10.4. The molecular formula is C10H7ClN2O2S2. The van der Waals surface area contributed by atoms with Crippen molar-refractivity contribution in [2.45, 2.75) is 10.1 Å². The molecule has 1 heterocycles. The fourth-order valence-electron chi connectivity index (χ4n) is 1.21. The largest absolute Gasteiger partial charge is 0.288 e. The topological polar surface area (TPSA) is 56.0 Å². The minimum Gasteiger partial charge on any atom is -0.258 e. The molecule has 88 valence electrons. The Morgan fingerprint density at radius 3 is 3.00 bits per heavy atom. The monoisotopic (exact) mass is 286 g/mol. The first-order valence-corrected chi connectivity index (χ1v) is 6.86. The summed E-state index contributed by atoms with van der Waals surface area (Å²) in [5.41, 5.74) is 0.810. The first-order chi connectivity index (χ1) is 8.16. The van der Waals surface area contributed by atoms with Gasteiger partial charge >= 0.3 is 0 Å². The van der Waals surface area contributed by atoms with Gasteiger partial charge in [0.2, 0.25) is 0 Å². The lowest BCUT2D eigenvalue weighted by Crippen LogP contribution is -1.91. The second-order valence-corrected chi connectivity index (χ2v) is 5.65. The molecule has 0 N–H and O–H groups in total. The third kappa shape index (κ3) is 3.18. The summed E-state index contributed by atoms with van der Waals surface area (Å²) in [4.78, 5) is 14.4. The van der Waals surface area contributed by atoms with Crippen LogP contribution in [0.15, 0.2) is 34.1 Å². The molecule has 2 aromatic rings. The van der Waals surface area contributed by atoms with Crippen molar-refractivity contribution < 1.29 is 4.92 Å². The molecule has 0 saturated carbocycles. The molecule has 0 spiro atoms. The Morgan fingerprint density at radius 2 is 2.35 bits per heavy atom. The van der Waals surface area contributed by atoms with Crippen LogP contribution in [0.1, 0.15) is 5.56 Å². The molecule has 4 nitrogen and oxygen atoms in total. The van der Waals surface area contributed by atoms with Crippen molar-refractivity contribution in [3.8, 4) is 0 Å². The van der Waals surface area contributed by atoms with E-state index in [1.165, 1.54) is 6.07 Å². The van der Waals surface area contributed by atoms with Gasteiger partial charge in [0.1, 0.15) is 9.36 Å². The zero-order chi connectivity index (χ0) is 12.3. The number of thiazole rings is 1. The molecule has 0 saturated heterocycles. The summed E-state index contributed by atoms with van der Waals surface area (Å²) >= 11 is 8.83. The number of hydrogen-bond acceptors (Lipinski definition) is 5. The predicted molar refractivity (Wildman–Crippen MR) is 69.8 cm³/mol. The zero-order valence-electron chi connectivity index (χ0n) is 8.50. The van der Waals surface area contributed by atoms with Crippen LogP contribution in [0.3, 0.4) is 0 Å². The van der Waals surface area contributed by atoms with E-state index in [1.807, 2.05) is 5.38 Å². The van der Waals surface area contributed by atoms with Gasteiger partial charge in [-0.3, -0.25) is 10.1 Å². The fraction of sp³-hybridized carbons (Fsp3) is 0.100. The summed E-state index contributed by atoms with van der Waals surface area (Å²) in [5.74, 6) is 0.644. The van der Waals surface area contributed by atoms with Gasteiger partial charge < -0.3 is 0 Å². The van der Waals surface area contributed by atoms with Gasteiger partial charge in [-0.1, -0.05) is 29.4 Å². The number of nitro groups is 1. The molecule has 0 aliphatic rings. The van der Waals surface area contributed by atoms with Crippen molar-refractivity contribution in [3.63, 3.8) is 0 Å². The predicted octanol–water partition coefficient (Wildman–Crippen LogP) is 4.00. The summed E-state index contributed by atoms with van der Waals surface area (Å²) < 4.78 is 0.947. The molecule has 1 aromatic carbocycles. The van der Waals surface area contributed by atoms with Crippen LogP contribution in [-0.2, 0) is 5.75 Å². The maximum absolute atomic E-state index is 10.7. The van der Waals surface area contributed by atoms with Gasteiger partial charge in [0.05, 0.1) is 4.92 Å². The Hall–Kier alpha value is -1.11. The van der Waals surface area contributed by atoms with E-state index in [2.05, 4.69) is 4.98 Å². The van der Waals surface area contributed by atoms with Gasteiger partial charge in [-0.25, -0.2) is 4.98 Å². The van der Waals surface area contributed by atoms with Crippen molar-refractivity contribution in [1.29, 1.82) is 0 Å². The molecule has 0 atom stereocenters. The zero-order valence-corrected chi connectivity index (χ0v) is 10.9. The summed E-state index contributed by atoms with van der Waals surface area (Å²) in [5, 5.41) is 12.8. The lowest BCUT2D eigenvalue weighted by molar-refractivity contribution is -0.384. The van der Waals surface area contributed by atoms with Crippen molar-refractivity contribution in [3.05, 3.63) is 50.5 Å². The fourth-order valence-corrected chi connectivity index (χ4v) is 2.98. The van der Waals surface area contributed by atoms with Gasteiger partial charge in [0, 0.05) is 23.4 Å². The minimum atomic E-state index is -0.472. The summed E-state index contributed by atoms with van der Waals surface area (Å²) in [6.45, 7) is 0. The lowest BCUT2D eigenvalue weighted by atomic mass is 10.2. The summed E-state index contributed by atoms with van der Waals surface area (Å²) in [6, 6.07) is 4.84. The van der Waals surface area contributed by atoms with Crippen molar-refractivity contribution in [2.75, 3.05) is 0 Å². The average Bonchev–Trinajstić information content (AvgIpc) is 2.80. The van der Waals surface area contributed by atoms with Crippen LogP contribution in [0.5, 0.6) is 0 Å². The Kier molecular flexibility index (Phi) is 3.98. The van der Waals surface area contributed by atoms with Crippen molar-refractivity contribution in [2.24, 2.45) is 0 Å². The highest BCUT2D eigenvalue weighted by molar-refractivity contribution is 8.00. The molecule has 7 heteroatoms. The lowest BCUT2D eigenvalue weighted by Gasteiger charge is -2.00. The van der Waals surface area contributed by atoms with E-state index in [-0.39, 0.29) is 10.7 Å². The van der Waals surface area contributed by atoms with E-state index in [0.717, 1.165) is 9.90 Å². The number of benzene rings is 1. The Labute approximate surface area is 111 Å². The number of aromatic nitrogens is 1. The smallest absolute Gasteiger partial charge is 0.258 e. The average molecular weight is 287 g/mol. The third-order valence-electron chi connectivity index (χ3n) is 1.98. The van der Waals surface area contributed by atoms with E-state index in [1.54, 1.807) is 41.4 Å². The quantitative estimate of drug-likeness (QED) is 0.484. The number of nitro benzene ring substituents is 1. The van der Waals surface area contributed by atoms with E-state index in [9.17, 15) is 10.1 Å². The second kappa shape index (κ2) is 5.48. The summed E-state index contributed by atoms with van der Waals surface area (Å²) in [6.07, 6.45) is 1.73. The van der Waals surface area contributed by atoms with Crippen LogP contribution in [0, 0.1) is 10.1 Å². The number of nitrogens with zero attached hydrogens (tertiary/aromatic N) is 2. The molecular weight excluding hydrogens is 280 g/mol. The first kappa shape index (κ1) is 12.3. The van der Waals surface area contributed by atoms with Gasteiger partial charge in [-0.15, -0.1) is 11.3 Å². The highest BCUT2D eigenvalue weighted by Gasteiger charge is 2.12. The SMILES string of the molecule is O=[N+]([O-])c1cc(CSc2nccs2)ccc1Cl. The maximum Gasteiger partial charge on any atom is 0.288 e. The van der Waals surface area contributed by atoms with Gasteiger partial charge in [0.15, 0.2) is 0 Å². The van der Waals surface area contributed by atoms with E-state index in [0.29, 0.717) is 5.75 Å². The number of thioether (sulfide) groups is 1. The van der Waals surface area contributed by atoms with Crippen molar-refractivity contribution in [1.82, 2.24) is 4.98 Å². The first-order valence-electron chi connectivity index (χ1n) is 4.62. The highest BCUT2D eigenvalue weighted by Crippen LogP contribution is 2.29. The Balaban J connectivity index is 2.11. The molecule has 0 bridgehead atoms. The maximum atomic E-state index is 10.7. The van der Waals surface area contributed by atoms with Gasteiger partial charge in [0.25, 0.3) is 5.69 Å². The highest BCUT2D eigenvalue weighted by atomic mass is 35.5. The second-order valence-electron chi connectivity index (χ2n) is 3.13. The van der Waals surface area contributed by atoms with Gasteiger partial charge in [-0.2, -0.15) is 0 Å². The van der Waals surface area contributed by atoms with Crippen LogP contribution in [0.2, 0.25) is 5.02 Å². The van der Waals surface area contributed by atoms with Crippen LogP contribution in [0.4, 0.5) is 5.69 Å². The molecule has 0 amide bonds. The number of halogens is 1. The molecule has 2 rings (SSSR count). The van der Waals surface area contributed by atoms with Gasteiger partial charge in [-0.05, 0) is 11.6 Å². The molecule has 0 aliphatic heterocycles. The summed E-state index contributed by atoms with van der Waals surface area (Å²) in [7, 11) is 0. The molecule has 0 aliphatic carbocycles. The van der Waals surface area contributed by atoms with Crippen LogP contribution < -0.4 is 0 Å². The molecule has 0 radical (unpaired) electrons. The van der Waals surface area contributed by atoms with Crippen LogP contribution in [-0.4, -0.2) is 9.91 Å². The molecule has 17 heavy (non-hydrogen) atoms. The Morgan fingerprint density at radius 1 is 1.53 bits per heavy atom. The molecule has 1 aromatic heterocycles. The number of rotatable bonds is 4. The van der Waals surface area contributed by atoms with Crippen molar-refractivity contribution >= 4 is 40.4 Å². The molecule has 0 fully saturated rings. The van der Waals surface area contributed by atoms with Crippen LogP contribution in [0.25, 0.3) is 0 Å². The standard InChI is InChI=1S/C10H7ClN2O2S2/c11-8-2-1-7(5-9(8)13(14)15)6-17-10-12-3-4-16-10/h1-5H,6H2. The third-order valence-corrected chi connectivity index (χ3v) is 4.34. The van der Waals surface area contributed by atoms with E-state index >= 15 is 0 Å². The Bertz CT molecular complexity index is 531. The van der Waals surface area contributed by atoms with E-state index < -0.39 is 4.92 Å². The molecule has 0 unspecified atom stereocenters. The van der Waals surface area contributed by atoms with Crippen LogP contribution >= 0.6 is 34.7 Å². The minimum absolute atomic E-state index is 0.0519.